The quantitative estimate of drug-likeness (QED) is 0.477. The lowest BCUT2D eigenvalue weighted by molar-refractivity contribution is -0.139. The highest BCUT2D eigenvalue weighted by molar-refractivity contribution is 5.96. The van der Waals surface area contributed by atoms with Gasteiger partial charge in [0, 0.05) is 0 Å². The Morgan fingerprint density at radius 3 is 1.72 bits per heavy atom. The molecule has 0 aromatic heterocycles. The van der Waals surface area contributed by atoms with Crippen molar-refractivity contribution >= 4 is 11.9 Å². The number of ether oxygens (including phenoxy) is 2. The summed E-state index contributed by atoms with van der Waals surface area (Å²) in [5.74, 6) is -1.16. The minimum absolute atomic E-state index is 0.0430. The van der Waals surface area contributed by atoms with Gasteiger partial charge in [0.25, 0.3) is 0 Å². The monoisotopic (exact) mass is 337 g/mol. The van der Waals surface area contributed by atoms with E-state index in [-0.39, 0.29) is 17.8 Å². The molecule has 2 aromatic carbocycles. The SMILES string of the molecule is COC(=O)/C=C(/C(=O)OC)N1[C@H](c2ccccc2)[C@H]1c1ccccc1. The molecule has 0 saturated carbocycles. The smallest absolute Gasteiger partial charge is 0.354 e. The summed E-state index contributed by atoms with van der Waals surface area (Å²) in [6.07, 6.45) is 1.19. The molecule has 0 amide bonds. The molecular formula is C20H19NO4. The zero-order chi connectivity index (χ0) is 17.8. The Hall–Kier alpha value is -3.08. The Morgan fingerprint density at radius 1 is 0.840 bits per heavy atom. The molecule has 0 unspecified atom stereocenters. The highest BCUT2D eigenvalue weighted by Crippen LogP contribution is 2.57. The van der Waals surface area contributed by atoms with E-state index in [4.69, 9.17) is 4.74 Å². The molecular weight excluding hydrogens is 318 g/mol. The first-order chi connectivity index (χ1) is 12.2. The maximum Gasteiger partial charge on any atom is 0.354 e. The van der Waals surface area contributed by atoms with Crippen molar-refractivity contribution in [2.45, 2.75) is 12.1 Å². The molecule has 1 heterocycles. The van der Waals surface area contributed by atoms with Crippen LogP contribution in [-0.4, -0.2) is 31.1 Å². The van der Waals surface area contributed by atoms with Gasteiger partial charge in [0.2, 0.25) is 0 Å². The number of hydrogen-bond acceptors (Lipinski definition) is 5. The van der Waals surface area contributed by atoms with Crippen molar-refractivity contribution in [2.24, 2.45) is 0 Å². The molecule has 0 aliphatic carbocycles. The fourth-order valence-electron chi connectivity index (χ4n) is 3.03. The van der Waals surface area contributed by atoms with Crippen LogP contribution in [0.5, 0.6) is 0 Å². The van der Waals surface area contributed by atoms with Crippen LogP contribution in [0.4, 0.5) is 0 Å². The molecule has 5 heteroatoms. The minimum atomic E-state index is -0.592. The molecule has 2 aromatic rings. The summed E-state index contributed by atoms with van der Waals surface area (Å²) >= 11 is 0. The molecule has 0 bridgehead atoms. The normalized spacial score (nSPS) is 19.3. The van der Waals surface area contributed by atoms with Crippen LogP contribution in [0.3, 0.4) is 0 Å². The van der Waals surface area contributed by atoms with Gasteiger partial charge in [-0.3, -0.25) is 0 Å². The van der Waals surface area contributed by atoms with Crippen LogP contribution < -0.4 is 0 Å². The molecule has 1 saturated heterocycles. The zero-order valence-corrected chi connectivity index (χ0v) is 14.1. The van der Waals surface area contributed by atoms with E-state index in [1.54, 1.807) is 0 Å². The van der Waals surface area contributed by atoms with Gasteiger partial charge in [0.1, 0.15) is 5.70 Å². The van der Waals surface area contributed by atoms with Gasteiger partial charge in [-0.1, -0.05) is 60.7 Å². The van der Waals surface area contributed by atoms with E-state index >= 15 is 0 Å². The van der Waals surface area contributed by atoms with Crippen molar-refractivity contribution in [1.29, 1.82) is 0 Å². The second-order valence-electron chi connectivity index (χ2n) is 5.66. The summed E-state index contributed by atoms with van der Waals surface area (Å²) in [4.78, 5) is 25.9. The molecule has 0 N–H and O–H groups in total. The van der Waals surface area contributed by atoms with Crippen LogP contribution in [-0.2, 0) is 19.1 Å². The van der Waals surface area contributed by atoms with Gasteiger partial charge in [-0.2, -0.15) is 0 Å². The Bertz CT molecular complexity index is 740. The molecule has 25 heavy (non-hydrogen) atoms. The van der Waals surface area contributed by atoms with Gasteiger partial charge in [0.05, 0.1) is 32.4 Å². The van der Waals surface area contributed by atoms with E-state index in [1.165, 1.54) is 20.3 Å². The average molecular weight is 337 g/mol. The number of carbonyl (C=O) groups is 2. The predicted octanol–water partition coefficient (Wildman–Crippen LogP) is 3.01. The van der Waals surface area contributed by atoms with Gasteiger partial charge in [-0.05, 0) is 11.1 Å². The van der Waals surface area contributed by atoms with Gasteiger partial charge in [0.15, 0.2) is 0 Å². The van der Waals surface area contributed by atoms with E-state index in [0.717, 1.165) is 11.1 Å². The largest absolute Gasteiger partial charge is 0.466 e. The summed E-state index contributed by atoms with van der Waals surface area (Å²) < 4.78 is 9.56. The Labute approximate surface area is 146 Å². The highest BCUT2D eigenvalue weighted by Gasteiger charge is 2.52. The first-order valence-electron chi connectivity index (χ1n) is 7.93. The molecule has 3 rings (SSSR count). The molecule has 1 aliphatic heterocycles. The topological polar surface area (TPSA) is 55.6 Å². The van der Waals surface area contributed by atoms with Gasteiger partial charge in [-0.15, -0.1) is 0 Å². The lowest BCUT2D eigenvalue weighted by Crippen LogP contribution is -2.16. The number of esters is 2. The van der Waals surface area contributed by atoms with Crippen molar-refractivity contribution in [2.75, 3.05) is 14.2 Å². The summed E-state index contributed by atoms with van der Waals surface area (Å²) in [5, 5.41) is 0. The number of hydrogen-bond donors (Lipinski definition) is 0. The number of carbonyl (C=O) groups excluding carboxylic acids is 2. The summed E-state index contributed by atoms with van der Waals surface area (Å²) in [5.41, 5.74) is 2.32. The summed E-state index contributed by atoms with van der Waals surface area (Å²) in [7, 11) is 2.57. The van der Waals surface area contributed by atoms with Crippen molar-refractivity contribution in [3.63, 3.8) is 0 Å². The molecule has 2 atom stereocenters. The van der Waals surface area contributed by atoms with Crippen LogP contribution in [0.1, 0.15) is 23.2 Å². The minimum Gasteiger partial charge on any atom is -0.466 e. The maximum atomic E-state index is 12.3. The second kappa shape index (κ2) is 7.21. The number of methoxy groups -OCH3 is 2. The fourth-order valence-corrected chi connectivity index (χ4v) is 3.03. The van der Waals surface area contributed by atoms with E-state index in [2.05, 4.69) is 4.74 Å². The van der Waals surface area contributed by atoms with Crippen LogP contribution >= 0.6 is 0 Å². The van der Waals surface area contributed by atoms with Crippen molar-refractivity contribution in [3.8, 4) is 0 Å². The van der Waals surface area contributed by atoms with Crippen molar-refractivity contribution < 1.29 is 19.1 Å². The fraction of sp³-hybridized carbons (Fsp3) is 0.200. The van der Waals surface area contributed by atoms with Crippen molar-refractivity contribution in [1.82, 2.24) is 4.90 Å². The second-order valence-corrected chi connectivity index (χ2v) is 5.66. The third-order valence-corrected chi connectivity index (χ3v) is 4.22. The third kappa shape index (κ3) is 3.40. The van der Waals surface area contributed by atoms with Gasteiger partial charge >= 0.3 is 11.9 Å². The molecule has 0 radical (unpaired) electrons. The molecule has 1 fully saturated rings. The van der Waals surface area contributed by atoms with Crippen LogP contribution in [0.25, 0.3) is 0 Å². The van der Waals surface area contributed by atoms with Crippen LogP contribution in [0.2, 0.25) is 0 Å². The first-order valence-corrected chi connectivity index (χ1v) is 7.93. The van der Waals surface area contributed by atoms with E-state index in [1.807, 2.05) is 65.6 Å². The maximum absolute atomic E-state index is 12.3. The zero-order valence-electron chi connectivity index (χ0n) is 14.1. The van der Waals surface area contributed by atoms with Gasteiger partial charge < -0.3 is 14.4 Å². The Balaban J connectivity index is 2.02. The Morgan fingerprint density at radius 2 is 1.32 bits per heavy atom. The van der Waals surface area contributed by atoms with E-state index in [0.29, 0.717) is 0 Å². The highest BCUT2D eigenvalue weighted by atomic mass is 16.5. The summed E-state index contributed by atoms with van der Waals surface area (Å²) in [6, 6.07) is 19.6. The van der Waals surface area contributed by atoms with Gasteiger partial charge in [-0.25, -0.2) is 9.59 Å². The number of nitrogens with zero attached hydrogens (tertiary/aromatic N) is 1. The van der Waals surface area contributed by atoms with Crippen LogP contribution in [0, 0.1) is 0 Å². The predicted molar refractivity (Wildman–Crippen MR) is 92.3 cm³/mol. The Kier molecular flexibility index (Phi) is 4.84. The lowest BCUT2D eigenvalue weighted by Gasteiger charge is -2.09. The lowest BCUT2D eigenvalue weighted by atomic mass is 10.0. The summed E-state index contributed by atoms with van der Waals surface area (Å²) in [6.45, 7) is 0. The molecule has 5 nitrogen and oxygen atoms in total. The number of rotatable bonds is 5. The van der Waals surface area contributed by atoms with E-state index < -0.39 is 11.9 Å². The van der Waals surface area contributed by atoms with Crippen molar-refractivity contribution in [3.05, 3.63) is 83.6 Å². The van der Waals surface area contributed by atoms with Crippen LogP contribution in [0.15, 0.2) is 72.4 Å². The first kappa shape index (κ1) is 16.8. The molecule has 0 spiro atoms. The van der Waals surface area contributed by atoms with E-state index in [9.17, 15) is 9.59 Å². The average Bonchev–Trinajstić information content (AvgIpc) is 3.42. The molecule has 128 valence electrons. The molecule has 1 aliphatic rings. The third-order valence-electron chi connectivity index (χ3n) is 4.22. The standard InChI is InChI=1S/C20H19NO4/c1-24-17(22)13-16(20(23)25-2)21-18(14-9-5-3-6-10-14)19(21)15-11-7-4-8-12-15/h3-13,18-19H,1-2H3/b16-13-/t18-,19-/m1/s1. The number of benzene rings is 2.